The Kier molecular flexibility index (Phi) is 4.08. The molecule has 1 amide bonds. The van der Waals surface area contributed by atoms with Crippen molar-refractivity contribution in [1.82, 2.24) is 4.90 Å². The lowest BCUT2D eigenvalue weighted by Gasteiger charge is -2.37. The minimum atomic E-state index is -0.347. The average molecular weight is 251 g/mol. The molecule has 1 aliphatic carbocycles. The molecular formula is C15H25NO2. The van der Waals surface area contributed by atoms with Gasteiger partial charge in [-0.15, -0.1) is 0 Å². The molecule has 2 rings (SSSR count). The van der Waals surface area contributed by atoms with Gasteiger partial charge in [0, 0.05) is 31.3 Å². The van der Waals surface area contributed by atoms with E-state index in [2.05, 4.69) is 0 Å². The number of Topliss-reactive ketones (excluding diaryl/α,β-unsaturated/α-hetero) is 1. The van der Waals surface area contributed by atoms with E-state index in [4.69, 9.17) is 0 Å². The maximum absolute atomic E-state index is 12.3. The van der Waals surface area contributed by atoms with Crippen molar-refractivity contribution in [3.63, 3.8) is 0 Å². The Bertz CT molecular complexity index is 329. The van der Waals surface area contributed by atoms with Crippen LogP contribution in [0.15, 0.2) is 0 Å². The summed E-state index contributed by atoms with van der Waals surface area (Å²) in [7, 11) is 0. The van der Waals surface area contributed by atoms with Crippen molar-refractivity contribution in [2.45, 2.75) is 58.8 Å². The third kappa shape index (κ3) is 3.12. The Morgan fingerprint density at radius 2 is 1.94 bits per heavy atom. The second kappa shape index (κ2) is 5.41. The molecule has 0 N–H and O–H groups in total. The number of likely N-dealkylation sites (tertiary alicyclic amines) is 1. The molecule has 0 aromatic rings. The summed E-state index contributed by atoms with van der Waals surface area (Å²) in [6, 6.07) is 0. The van der Waals surface area contributed by atoms with Crippen LogP contribution < -0.4 is 0 Å². The van der Waals surface area contributed by atoms with Gasteiger partial charge in [-0.1, -0.05) is 33.1 Å². The lowest BCUT2D eigenvalue weighted by molar-refractivity contribution is -0.141. The summed E-state index contributed by atoms with van der Waals surface area (Å²) >= 11 is 0. The first kappa shape index (κ1) is 13.6. The minimum Gasteiger partial charge on any atom is -0.341 e. The number of piperidine rings is 1. The number of carbonyl (C=O) groups is 2. The summed E-state index contributed by atoms with van der Waals surface area (Å²) in [6.45, 7) is 5.15. The van der Waals surface area contributed by atoms with Gasteiger partial charge in [-0.3, -0.25) is 9.59 Å². The van der Waals surface area contributed by atoms with E-state index in [-0.39, 0.29) is 11.3 Å². The Morgan fingerprint density at radius 1 is 1.28 bits per heavy atom. The highest BCUT2D eigenvalue weighted by Gasteiger charge is 2.36. The first-order valence-corrected chi connectivity index (χ1v) is 7.30. The van der Waals surface area contributed by atoms with Crippen LogP contribution >= 0.6 is 0 Å². The number of nitrogens with zero attached hydrogens (tertiary/aromatic N) is 1. The molecule has 1 saturated carbocycles. The smallest absolute Gasteiger partial charge is 0.222 e. The predicted octanol–water partition coefficient (Wildman–Crippen LogP) is 2.78. The summed E-state index contributed by atoms with van der Waals surface area (Å²) in [4.78, 5) is 25.9. The fraction of sp³-hybridized carbons (Fsp3) is 0.867. The zero-order valence-corrected chi connectivity index (χ0v) is 11.7. The lowest BCUT2D eigenvalue weighted by atomic mass is 9.82. The van der Waals surface area contributed by atoms with Crippen molar-refractivity contribution in [1.29, 1.82) is 0 Å². The topological polar surface area (TPSA) is 37.4 Å². The van der Waals surface area contributed by atoms with Crippen LogP contribution in [0.5, 0.6) is 0 Å². The first-order chi connectivity index (χ1) is 8.49. The van der Waals surface area contributed by atoms with Gasteiger partial charge in [0.05, 0.1) is 0 Å². The molecule has 0 bridgehead atoms. The number of rotatable bonds is 2. The minimum absolute atomic E-state index is 0.266. The quantitative estimate of drug-likeness (QED) is 0.756. The number of amides is 1. The highest BCUT2D eigenvalue weighted by Crippen LogP contribution is 2.29. The lowest BCUT2D eigenvalue weighted by Crippen LogP contribution is -2.48. The molecule has 2 fully saturated rings. The molecule has 18 heavy (non-hydrogen) atoms. The SMILES string of the molecule is CC1(C)CN(C(=O)CC2CCCCC2)CCC1=O. The molecule has 0 unspecified atom stereocenters. The van der Waals surface area contributed by atoms with Crippen LogP contribution in [0.3, 0.4) is 0 Å². The van der Waals surface area contributed by atoms with Crippen LogP contribution in [0.4, 0.5) is 0 Å². The molecule has 0 aromatic carbocycles. The van der Waals surface area contributed by atoms with E-state index in [1.807, 2.05) is 18.7 Å². The normalized spacial score (nSPS) is 25.2. The van der Waals surface area contributed by atoms with E-state index in [1.54, 1.807) is 0 Å². The molecule has 2 aliphatic rings. The second-order valence-corrected chi connectivity index (χ2v) is 6.58. The molecule has 0 spiro atoms. The van der Waals surface area contributed by atoms with Crippen LogP contribution in [0.2, 0.25) is 0 Å². The molecule has 0 aromatic heterocycles. The van der Waals surface area contributed by atoms with Gasteiger partial charge in [0.2, 0.25) is 5.91 Å². The summed E-state index contributed by atoms with van der Waals surface area (Å²) in [5.74, 6) is 1.15. The van der Waals surface area contributed by atoms with E-state index in [0.717, 1.165) is 0 Å². The standard InChI is InChI=1S/C15H25NO2/c1-15(2)11-16(9-8-13(15)17)14(18)10-12-6-4-3-5-7-12/h12H,3-11H2,1-2H3. The average Bonchev–Trinajstić information content (AvgIpc) is 2.34. The Hall–Kier alpha value is -0.860. The number of ketones is 1. The molecule has 1 heterocycles. The summed E-state index contributed by atoms with van der Waals surface area (Å²) in [5, 5.41) is 0. The fourth-order valence-corrected chi connectivity index (χ4v) is 3.20. The highest BCUT2D eigenvalue weighted by atomic mass is 16.2. The molecule has 0 radical (unpaired) electrons. The Labute approximate surface area is 110 Å². The van der Waals surface area contributed by atoms with Crippen molar-refractivity contribution in [2.24, 2.45) is 11.3 Å². The zero-order valence-electron chi connectivity index (χ0n) is 11.7. The van der Waals surface area contributed by atoms with E-state index >= 15 is 0 Å². The second-order valence-electron chi connectivity index (χ2n) is 6.58. The molecule has 3 heteroatoms. The van der Waals surface area contributed by atoms with Crippen molar-refractivity contribution in [2.75, 3.05) is 13.1 Å². The third-order valence-electron chi connectivity index (χ3n) is 4.49. The van der Waals surface area contributed by atoms with Gasteiger partial charge in [0.1, 0.15) is 5.78 Å². The number of hydrogen-bond acceptors (Lipinski definition) is 2. The van der Waals surface area contributed by atoms with Crippen molar-refractivity contribution < 1.29 is 9.59 Å². The van der Waals surface area contributed by atoms with E-state index in [1.165, 1.54) is 32.1 Å². The highest BCUT2D eigenvalue weighted by molar-refractivity contribution is 5.87. The number of carbonyl (C=O) groups excluding carboxylic acids is 2. The van der Waals surface area contributed by atoms with Crippen LogP contribution in [0, 0.1) is 11.3 Å². The monoisotopic (exact) mass is 251 g/mol. The number of hydrogen-bond donors (Lipinski definition) is 0. The summed E-state index contributed by atoms with van der Waals surface area (Å²) in [5.41, 5.74) is -0.347. The summed E-state index contributed by atoms with van der Waals surface area (Å²) in [6.07, 6.45) is 7.54. The van der Waals surface area contributed by atoms with Crippen LogP contribution in [-0.2, 0) is 9.59 Å². The van der Waals surface area contributed by atoms with Crippen molar-refractivity contribution in [3.05, 3.63) is 0 Å². The van der Waals surface area contributed by atoms with Gasteiger partial charge in [-0.25, -0.2) is 0 Å². The molecule has 1 aliphatic heterocycles. The molecule has 0 atom stereocenters. The largest absolute Gasteiger partial charge is 0.341 e. The molecular weight excluding hydrogens is 226 g/mol. The van der Waals surface area contributed by atoms with Gasteiger partial charge in [0.15, 0.2) is 0 Å². The van der Waals surface area contributed by atoms with Crippen LogP contribution in [-0.4, -0.2) is 29.7 Å². The van der Waals surface area contributed by atoms with Gasteiger partial charge in [-0.2, -0.15) is 0 Å². The Morgan fingerprint density at radius 3 is 2.56 bits per heavy atom. The zero-order chi connectivity index (χ0) is 13.2. The molecule has 102 valence electrons. The first-order valence-electron chi connectivity index (χ1n) is 7.30. The maximum Gasteiger partial charge on any atom is 0.222 e. The van der Waals surface area contributed by atoms with Gasteiger partial charge >= 0.3 is 0 Å². The third-order valence-corrected chi connectivity index (χ3v) is 4.49. The van der Waals surface area contributed by atoms with E-state index in [0.29, 0.717) is 37.6 Å². The fourth-order valence-electron chi connectivity index (χ4n) is 3.20. The molecule has 1 saturated heterocycles. The van der Waals surface area contributed by atoms with Gasteiger partial charge in [-0.05, 0) is 18.8 Å². The molecule has 3 nitrogen and oxygen atoms in total. The van der Waals surface area contributed by atoms with E-state index < -0.39 is 0 Å². The predicted molar refractivity (Wildman–Crippen MR) is 71.2 cm³/mol. The summed E-state index contributed by atoms with van der Waals surface area (Å²) < 4.78 is 0. The van der Waals surface area contributed by atoms with E-state index in [9.17, 15) is 9.59 Å². The maximum atomic E-state index is 12.3. The van der Waals surface area contributed by atoms with Crippen molar-refractivity contribution >= 4 is 11.7 Å². The van der Waals surface area contributed by atoms with Crippen molar-refractivity contribution in [3.8, 4) is 0 Å². The Balaban J connectivity index is 1.87. The van der Waals surface area contributed by atoms with Crippen LogP contribution in [0.1, 0.15) is 58.8 Å². The van der Waals surface area contributed by atoms with Gasteiger partial charge < -0.3 is 4.90 Å². The van der Waals surface area contributed by atoms with Crippen LogP contribution in [0.25, 0.3) is 0 Å². The van der Waals surface area contributed by atoms with Gasteiger partial charge in [0.25, 0.3) is 0 Å².